The van der Waals surface area contributed by atoms with Crippen molar-refractivity contribution in [3.05, 3.63) is 48.3 Å². The van der Waals surface area contributed by atoms with E-state index in [-0.39, 0.29) is 5.41 Å². The first-order chi connectivity index (χ1) is 15.6. The Kier molecular flexibility index (Phi) is 5.16. The maximum absolute atomic E-state index is 12.1. The van der Waals surface area contributed by atoms with Crippen molar-refractivity contribution in [2.75, 3.05) is 38.7 Å². The molecule has 1 spiro atoms. The summed E-state index contributed by atoms with van der Waals surface area (Å²) in [6.45, 7) is 2.54. The summed E-state index contributed by atoms with van der Waals surface area (Å²) >= 11 is 0. The molecule has 162 valence electrons. The van der Waals surface area contributed by atoms with Crippen LogP contribution < -0.4 is 14.8 Å². The van der Waals surface area contributed by atoms with Crippen molar-refractivity contribution >= 4 is 28.2 Å². The third-order valence-corrected chi connectivity index (χ3v) is 6.22. The number of fused-ring (bicyclic) bond motifs is 1. The zero-order chi connectivity index (χ0) is 22.1. The molecule has 2 heterocycles. The fourth-order valence-electron chi connectivity index (χ4n) is 4.23. The maximum atomic E-state index is 12.1. The number of methoxy groups -OCH3 is 1. The van der Waals surface area contributed by atoms with Crippen molar-refractivity contribution in [3.63, 3.8) is 0 Å². The van der Waals surface area contributed by atoms with E-state index in [2.05, 4.69) is 26.1 Å². The van der Waals surface area contributed by atoms with Gasteiger partial charge in [-0.25, -0.2) is 9.97 Å². The lowest BCUT2D eigenvalue weighted by molar-refractivity contribution is -0.120. The van der Waals surface area contributed by atoms with Crippen LogP contribution >= 0.6 is 0 Å². The second-order valence-corrected chi connectivity index (χ2v) is 8.36. The molecule has 7 heteroatoms. The minimum Gasteiger partial charge on any atom is -0.493 e. The van der Waals surface area contributed by atoms with E-state index in [0.29, 0.717) is 42.8 Å². The number of likely N-dealkylation sites (tertiary alicyclic amines) is 1. The summed E-state index contributed by atoms with van der Waals surface area (Å²) in [5.41, 5.74) is 2.31. The summed E-state index contributed by atoms with van der Waals surface area (Å²) in [6, 6.07) is 11.3. The number of nitrogens with one attached hydrogen (secondary N) is 1. The Morgan fingerprint density at radius 1 is 1.22 bits per heavy atom. The van der Waals surface area contributed by atoms with Gasteiger partial charge in [-0.05, 0) is 37.1 Å². The van der Waals surface area contributed by atoms with Crippen molar-refractivity contribution in [1.29, 1.82) is 0 Å². The molecule has 0 atom stereocenters. The molecule has 2 aromatic carbocycles. The molecule has 1 saturated heterocycles. The molecule has 2 aliphatic rings. The number of Topliss-reactive ketones (excluding diaryl/α,β-unsaturated/α-hetero) is 1. The highest BCUT2D eigenvalue weighted by molar-refractivity contribution is 5.93. The van der Waals surface area contributed by atoms with Crippen LogP contribution in [0.1, 0.15) is 18.4 Å². The molecule has 3 aromatic rings. The zero-order valence-electron chi connectivity index (χ0n) is 17.9. The Hall–Kier alpha value is -3.63. The smallest absolute Gasteiger partial charge is 0.162 e. The van der Waals surface area contributed by atoms with Gasteiger partial charge in [0.2, 0.25) is 0 Å². The first-order valence-electron chi connectivity index (χ1n) is 10.7. The van der Waals surface area contributed by atoms with Gasteiger partial charge >= 0.3 is 0 Å². The Morgan fingerprint density at radius 2 is 2.09 bits per heavy atom. The average Bonchev–Trinajstić information content (AvgIpc) is 3.52. The molecule has 0 radical (unpaired) electrons. The molecule has 1 aliphatic heterocycles. The van der Waals surface area contributed by atoms with E-state index in [4.69, 9.17) is 15.9 Å². The monoisotopic (exact) mass is 428 g/mol. The number of aromatic nitrogens is 2. The fraction of sp³-hybridized carbons (Fsp3) is 0.320. The number of hydrogen-bond donors (Lipinski definition) is 1. The summed E-state index contributed by atoms with van der Waals surface area (Å²) < 4.78 is 11.6. The first-order valence-corrected chi connectivity index (χ1v) is 10.7. The minimum absolute atomic E-state index is 0.0464. The molecular formula is C25H24N4O3. The van der Waals surface area contributed by atoms with E-state index in [0.717, 1.165) is 41.5 Å². The Labute approximate surface area is 186 Å². The molecule has 0 unspecified atom stereocenters. The van der Waals surface area contributed by atoms with Gasteiger partial charge in [-0.3, -0.25) is 9.69 Å². The Balaban J connectivity index is 1.35. The number of rotatable bonds is 7. The summed E-state index contributed by atoms with van der Waals surface area (Å²) in [7, 11) is 1.61. The van der Waals surface area contributed by atoms with E-state index in [1.807, 2.05) is 36.4 Å². The van der Waals surface area contributed by atoms with E-state index in [1.54, 1.807) is 7.11 Å². The fourth-order valence-corrected chi connectivity index (χ4v) is 4.23. The number of ether oxygens (including phenoxy) is 2. The second kappa shape index (κ2) is 8.13. The van der Waals surface area contributed by atoms with Gasteiger partial charge in [0.05, 0.1) is 19.2 Å². The van der Waals surface area contributed by atoms with Crippen LogP contribution in [0, 0.1) is 17.8 Å². The zero-order valence-corrected chi connectivity index (χ0v) is 17.9. The topological polar surface area (TPSA) is 76.6 Å². The predicted octanol–water partition coefficient (Wildman–Crippen LogP) is 3.41. The Bertz CT molecular complexity index is 1230. The minimum atomic E-state index is -0.0464. The number of carbonyl (C=O) groups excluding carboxylic acids is 1. The normalized spacial score (nSPS) is 16.8. The van der Waals surface area contributed by atoms with Crippen molar-refractivity contribution < 1.29 is 14.3 Å². The van der Waals surface area contributed by atoms with Crippen LogP contribution in [-0.2, 0) is 4.79 Å². The maximum Gasteiger partial charge on any atom is 0.162 e. The van der Waals surface area contributed by atoms with Gasteiger partial charge in [0.25, 0.3) is 0 Å². The highest BCUT2D eigenvalue weighted by atomic mass is 16.5. The molecule has 1 saturated carbocycles. The third-order valence-electron chi connectivity index (χ3n) is 6.22. The van der Waals surface area contributed by atoms with E-state index in [1.165, 1.54) is 6.33 Å². The van der Waals surface area contributed by atoms with Gasteiger partial charge in [0, 0.05) is 41.2 Å². The lowest BCUT2D eigenvalue weighted by Crippen LogP contribution is -2.26. The predicted molar refractivity (Wildman–Crippen MR) is 122 cm³/mol. The second-order valence-electron chi connectivity index (χ2n) is 8.36. The Morgan fingerprint density at radius 3 is 2.84 bits per heavy atom. The van der Waals surface area contributed by atoms with E-state index < -0.39 is 0 Å². The molecule has 0 amide bonds. The molecule has 7 nitrogen and oxygen atoms in total. The average molecular weight is 428 g/mol. The lowest BCUT2D eigenvalue weighted by atomic mass is 10.1. The summed E-state index contributed by atoms with van der Waals surface area (Å²) in [6.07, 6.45) is 9.08. The number of benzene rings is 2. The standard InChI is InChI=1S/C25H24N4O3/c1-3-17-5-4-6-18(11-17)28-24-19-12-22(21(31-2)13-20(19)26-16-27-24)32-10-9-29-14-23(30)25(15-29)7-8-25/h1,4-6,11-13,16H,7-10,14-15H2,2H3,(H,26,27,28). The van der Waals surface area contributed by atoms with Crippen LogP contribution in [0.15, 0.2) is 42.7 Å². The lowest BCUT2D eigenvalue weighted by Gasteiger charge is -2.17. The van der Waals surface area contributed by atoms with Crippen LogP contribution in [0.5, 0.6) is 11.5 Å². The molecule has 1 N–H and O–H groups in total. The van der Waals surface area contributed by atoms with Gasteiger partial charge in [-0.15, -0.1) is 6.42 Å². The van der Waals surface area contributed by atoms with E-state index in [9.17, 15) is 4.79 Å². The number of carbonyl (C=O) groups is 1. The highest BCUT2D eigenvalue weighted by Gasteiger charge is 2.54. The van der Waals surface area contributed by atoms with Gasteiger partial charge in [-0.2, -0.15) is 0 Å². The van der Waals surface area contributed by atoms with Gasteiger partial charge in [0.15, 0.2) is 17.3 Å². The van der Waals surface area contributed by atoms with Crippen LogP contribution in [0.4, 0.5) is 11.5 Å². The molecule has 0 bridgehead atoms. The summed E-state index contributed by atoms with van der Waals surface area (Å²) in [4.78, 5) is 23.1. The molecule has 32 heavy (non-hydrogen) atoms. The number of nitrogens with zero attached hydrogens (tertiary/aromatic N) is 3. The quantitative estimate of drug-likeness (QED) is 0.578. The van der Waals surface area contributed by atoms with Gasteiger partial charge in [0.1, 0.15) is 18.8 Å². The van der Waals surface area contributed by atoms with Gasteiger partial charge in [-0.1, -0.05) is 12.0 Å². The first kappa shape index (κ1) is 20.3. The van der Waals surface area contributed by atoms with Crippen LogP contribution in [0.25, 0.3) is 10.9 Å². The van der Waals surface area contributed by atoms with Crippen molar-refractivity contribution in [2.24, 2.45) is 5.41 Å². The number of ketones is 1. The van der Waals surface area contributed by atoms with Crippen molar-refractivity contribution in [2.45, 2.75) is 12.8 Å². The van der Waals surface area contributed by atoms with E-state index >= 15 is 0 Å². The molecule has 1 aromatic heterocycles. The van der Waals surface area contributed by atoms with Crippen LogP contribution in [0.2, 0.25) is 0 Å². The highest BCUT2D eigenvalue weighted by Crippen LogP contribution is 2.50. The number of hydrogen-bond acceptors (Lipinski definition) is 7. The summed E-state index contributed by atoms with van der Waals surface area (Å²) in [5, 5.41) is 4.13. The van der Waals surface area contributed by atoms with Crippen molar-refractivity contribution in [1.82, 2.24) is 14.9 Å². The van der Waals surface area contributed by atoms with Crippen LogP contribution in [0.3, 0.4) is 0 Å². The van der Waals surface area contributed by atoms with Gasteiger partial charge < -0.3 is 14.8 Å². The molecule has 1 aliphatic carbocycles. The SMILES string of the molecule is C#Cc1cccc(Nc2ncnc3cc(OC)c(OCCN4CC(=O)C5(CC5)C4)cc23)c1. The molecule has 5 rings (SSSR count). The molecule has 2 fully saturated rings. The van der Waals surface area contributed by atoms with Crippen molar-refractivity contribution in [3.8, 4) is 23.8 Å². The number of anilines is 2. The number of terminal acetylenes is 1. The molecular weight excluding hydrogens is 404 g/mol. The summed E-state index contributed by atoms with van der Waals surface area (Å²) in [5.74, 6) is 4.88. The van der Waals surface area contributed by atoms with Crippen LogP contribution in [-0.4, -0.2) is 54.0 Å². The third kappa shape index (κ3) is 3.85. The largest absolute Gasteiger partial charge is 0.493 e.